The van der Waals surface area contributed by atoms with Gasteiger partial charge >= 0.3 is 0 Å². The molecule has 0 aromatic heterocycles. The van der Waals surface area contributed by atoms with Gasteiger partial charge in [0.25, 0.3) is 0 Å². The summed E-state index contributed by atoms with van der Waals surface area (Å²) in [7, 11) is 1.58. The molecule has 1 aromatic carbocycles. The minimum atomic E-state index is -0.518. The van der Waals surface area contributed by atoms with Crippen molar-refractivity contribution in [3.8, 4) is 11.5 Å². The quantitative estimate of drug-likeness (QED) is 0.746. The summed E-state index contributed by atoms with van der Waals surface area (Å²) in [5.41, 5.74) is 1.10. The molecular weight excluding hydrogens is 301 g/mol. The van der Waals surface area contributed by atoms with Crippen LogP contribution in [0.1, 0.15) is 18.9 Å². The van der Waals surface area contributed by atoms with Gasteiger partial charge in [-0.05, 0) is 46.6 Å². The number of methoxy groups -OCH3 is 1. The van der Waals surface area contributed by atoms with Crippen LogP contribution >= 0.6 is 15.9 Å². The van der Waals surface area contributed by atoms with Gasteiger partial charge in [0.15, 0.2) is 11.5 Å². The fourth-order valence-corrected chi connectivity index (χ4v) is 2.17. The summed E-state index contributed by atoms with van der Waals surface area (Å²) in [6, 6.07) is 3.86. The molecule has 0 unspecified atom stereocenters. The first kappa shape index (κ1) is 15.2. The Morgan fingerprint density at radius 1 is 1.39 bits per heavy atom. The summed E-state index contributed by atoms with van der Waals surface area (Å²) in [5.74, 6) is 1.17. The Balaban J connectivity index is 2.81. The topological polar surface area (TPSA) is 30.5 Å². The number of halogens is 2. The number of nitrogens with one attached hydrogen (secondary N) is 1. The highest BCUT2D eigenvalue weighted by Crippen LogP contribution is 2.36. The van der Waals surface area contributed by atoms with Crippen molar-refractivity contribution in [2.75, 3.05) is 26.9 Å². The highest BCUT2D eigenvalue weighted by atomic mass is 79.9. The van der Waals surface area contributed by atoms with E-state index in [0.717, 1.165) is 29.5 Å². The molecule has 1 rings (SSSR count). The lowest BCUT2D eigenvalue weighted by Crippen LogP contribution is -2.14. The first-order valence-corrected chi connectivity index (χ1v) is 6.78. The average Bonchev–Trinajstić information content (AvgIpc) is 2.37. The second-order valence-corrected chi connectivity index (χ2v) is 4.68. The van der Waals surface area contributed by atoms with Gasteiger partial charge in [0.1, 0.15) is 13.3 Å². The molecule has 0 heterocycles. The maximum Gasteiger partial charge on any atom is 0.175 e. The average molecular weight is 320 g/mol. The normalized spacial score (nSPS) is 10.4. The fraction of sp³-hybridized carbons (Fsp3) is 0.538. The van der Waals surface area contributed by atoms with Gasteiger partial charge in [0.2, 0.25) is 0 Å². The molecule has 0 radical (unpaired) electrons. The van der Waals surface area contributed by atoms with Gasteiger partial charge in [-0.1, -0.05) is 6.92 Å². The van der Waals surface area contributed by atoms with Crippen molar-refractivity contribution in [3.05, 3.63) is 22.2 Å². The monoisotopic (exact) mass is 319 g/mol. The molecule has 0 aliphatic rings. The Kier molecular flexibility index (Phi) is 7.05. The van der Waals surface area contributed by atoms with Crippen LogP contribution < -0.4 is 14.8 Å². The minimum absolute atomic E-state index is 0.0302. The van der Waals surface area contributed by atoms with E-state index in [1.54, 1.807) is 7.11 Å². The third kappa shape index (κ3) is 4.46. The van der Waals surface area contributed by atoms with Crippen LogP contribution in [-0.4, -0.2) is 26.9 Å². The molecule has 0 aliphatic heterocycles. The van der Waals surface area contributed by atoms with Crippen LogP contribution in [-0.2, 0) is 6.54 Å². The van der Waals surface area contributed by atoms with Gasteiger partial charge in [-0.2, -0.15) is 0 Å². The molecule has 0 saturated carbocycles. The number of rotatable bonds is 8. The van der Waals surface area contributed by atoms with Crippen LogP contribution in [0.3, 0.4) is 0 Å². The Labute approximate surface area is 116 Å². The van der Waals surface area contributed by atoms with Gasteiger partial charge < -0.3 is 14.8 Å². The van der Waals surface area contributed by atoms with Gasteiger partial charge in [-0.3, -0.25) is 0 Å². The lowest BCUT2D eigenvalue weighted by molar-refractivity contribution is 0.258. The minimum Gasteiger partial charge on any atom is -0.493 e. The second-order valence-electron chi connectivity index (χ2n) is 3.82. The van der Waals surface area contributed by atoms with E-state index in [2.05, 4.69) is 28.2 Å². The third-order valence-electron chi connectivity index (χ3n) is 2.37. The number of benzene rings is 1. The highest BCUT2D eigenvalue weighted by molar-refractivity contribution is 9.10. The van der Waals surface area contributed by atoms with Crippen LogP contribution in [0.4, 0.5) is 4.39 Å². The molecule has 5 heteroatoms. The summed E-state index contributed by atoms with van der Waals surface area (Å²) in [6.45, 7) is 3.38. The van der Waals surface area contributed by atoms with Gasteiger partial charge in [-0.15, -0.1) is 0 Å². The van der Waals surface area contributed by atoms with Crippen LogP contribution in [0, 0.1) is 0 Å². The van der Waals surface area contributed by atoms with E-state index in [1.807, 2.05) is 12.1 Å². The Morgan fingerprint density at radius 3 is 2.78 bits per heavy atom. The maximum absolute atomic E-state index is 12.1. The predicted octanol–water partition coefficient (Wildman–Crippen LogP) is 3.31. The summed E-state index contributed by atoms with van der Waals surface area (Å²) >= 11 is 3.42. The first-order chi connectivity index (χ1) is 8.72. The Hall–Kier alpha value is -0.810. The number of alkyl halides is 1. The van der Waals surface area contributed by atoms with Crippen LogP contribution in [0.25, 0.3) is 0 Å². The lowest BCUT2D eigenvalue weighted by atomic mass is 10.2. The fourth-order valence-electron chi connectivity index (χ4n) is 1.57. The van der Waals surface area contributed by atoms with Crippen molar-refractivity contribution < 1.29 is 13.9 Å². The SMILES string of the molecule is CCCNCc1cc(Br)c(OCCF)c(OC)c1. The van der Waals surface area contributed by atoms with Crippen molar-refractivity contribution >= 4 is 15.9 Å². The molecule has 0 amide bonds. The maximum atomic E-state index is 12.1. The van der Waals surface area contributed by atoms with E-state index in [4.69, 9.17) is 9.47 Å². The van der Waals surface area contributed by atoms with Crippen molar-refractivity contribution in [2.45, 2.75) is 19.9 Å². The summed E-state index contributed by atoms with van der Waals surface area (Å²) in [4.78, 5) is 0. The van der Waals surface area contributed by atoms with Gasteiger partial charge in [0.05, 0.1) is 11.6 Å². The predicted molar refractivity (Wildman–Crippen MR) is 74.2 cm³/mol. The zero-order chi connectivity index (χ0) is 13.4. The van der Waals surface area contributed by atoms with Gasteiger partial charge in [0, 0.05) is 6.54 Å². The van der Waals surface area contributed by atoms with E-state index >= 15 is 0 Å². The van der Waals surface area contributed by atoms with Crippen molar-refractivity contribution in [2.24, 2.45) is 0 Å². The molecule has 1 aromatic rings. The zero-order valence-corrected chi connectivity index (χ0v) is 12.3. The molecule has 0 spiro atoms. The molecule has 0 fully saturated rings. The molecule has 0 aliphatic carbocycles. The Morgan fingerprint density at radius 2 is 2.17 bits per heavy atom. The summed E-state index contributed by atoms with van der Waals surface area (Å²) < 4.78 is 23.5. The number of hydrogen-bond donors (Lipinski definition) is 1. The second kappa shape index (κ2) is 8.32. The highest BCUT2D eigenvalue weighted by Gasteiger charge is 2.11. The third-order valence-corrected chi connectivity index (χ3v) is 2.96. The number of ether oxygens (including phenoxy) is 2. The molecular formula is C13H19BrFNO2. The van der Waals surface area contributed by atoms with E-state index in [1.165, 1.54) is 0 Å². The first-order valence-electron chi connectivity index (χ1n) is 5.98. The number of hydrogen-bond acceptors (Lipinski definition) is 3. The van der Waals surface area contributed by atoms with Crippen LogP contribution in [0.5, 0.6) is 11.5 Å². The Bertz CT molecular complexity index is 374. The van der Waals surface area contributed by atoms with Crippen molar-refractivity contribution in [1.82, 2.24) is 5.32 Å². The van der Waals surface area contributed by atoms with E-state index in [-0.39, 0.29) is 6.61 Å². The largest absolute Gasteiger partial charge is 0.493 e. The molecule has 0 bridgehead atoms. The van der Waals surface area contributed by atoms with E-state index < -0.39 is 6.67 Å². The molecule has 102 valence electrons. The van der Waals surface area contributed by atoms with E-state index in [0.29, 0.717) is 11.5 Å². The smallest absolute Gasteiger partial charge is 0.175 e. The summed E-state index contributed by atoms with van der Waals surface area (Å²) in [5, 5.41) is 3.32. The lowest BCUT2D eigenvalue weighted by Gasteiger charge is -2.14. The van der Waals surface area contributed by atoms with Crippen molar-refractivity contribution in [3.63, 3.8) is 0 Å². The molecule has 0 saturated heterocycles. The van der Waals surface area contributed by atoms with Crippen LogP contribution in [0.15, 0.2) is 16.6 Å². The van der Waals surface area contributed by atoms with E-state index in [9.17, 15) is 4.39 Å². The molecule has 3 nitrogen and oxygen atoms in total. The molecule has 18 heavy (non-hydrogen) atoms. The van der Waals surface area contributed by atoms with Crippen molar-refractivity contribution in [1.29, 1.82) is 0 Å². The standard InChI is InChI=1S/C13H19BrFNO2/c1-3-5-16-9-10-7-11(14)13(18-6-4-15)12(8-10)17-2/h7-8,16H,3-6,9H2,1-2H3. The zero-order valence-electron chi connectivity index (χ0n) is 10.8. The van der Waals surface area contributed by atoms with Gasteiger partial charge in [-0.25, -0.2) is 4.39 Å². The molecule has 1 N–H and O–H groups in total. The summed E-state index contributed by atoms with van der Waals surface area (Å²) in [6.07, 6.45) is 1.09. The molecule has 0 atom stereocenters. The van der Waals surface area contributed by atoms with Crippen LogP contribution in [0.2, 0.25) is 0 Å².